The number of hydrogen-bond acceptors (Lipinski definition) is 1. The summed E-state index contributed by atoms with van der Waals surface area (Å²) >= 11 is 0. The van der Waals surface area contributed by atoms with Crippen molar-refractivity contribution in [2.24, 2.45) is 28.1 Å². The van der Waals surface area contributed by atoms with Crippen LogP contribution in [0.2, 0.25) is 0 Å². The van der Waals surface area contributed by atoms with E-state index in [1.807, 2.05) is 0 Å². The molecule has 0 N–H and O–H groups in total. The molecule has 2 unspecified atom stereocenters. The maximum atomic E-state index is 9.45. The predicted molar refractivity (Wildman–Crippen MR) is 64.5 cm³/mol. The smallest absolute Gasteiger partial charge is 0.0690 e. The first-order valence-electron chi connectivity index (χ1n) is 6.56. The van der Waals surface area contributed by atoms with E-state index in [-0.39, 0.29) is 5.41 Å². The van der Waals surface area contributed by atoms with Crippen molar-refractivity contribution < 1.29 is 0 Å². The summed E-state index contributed by atoms with van der Waals surface area (Å²) in [6.45, 7) is 6.91. The zero-order valence-electron chi connectivity index (χ0n) is 10.6. The van der Waals surface area contributed by atoms with E-state index in [1.54, 1.807) is 0 Å². The largest absolute Gasteiger partial charge is 0.198 e. The molecule has 3 aliphatic rings. The molecule has 1 nitrogen and oxygen atoms in total. The fraction of sp³-hybridized carbons (Fsp3) is 0.800. The lowest BCUT2D eigenvalue weighted by atomic mass is 9.40. The minimum Gasteiger partial charge on any atom is -0.198 e. The van der Waals surface area contributed by atoms with Crippen LogP contribution in [0, 0.1) is 39.4 Å². The van der Waals surface area contributed by atoms with Gasteiger partial charge in [-0.1, -0.05) is 32.4 Å². The van der Waals surface area contributed by atoms with Gasteiger partial charge in [0.15, 0.2) is 0 Å². The molecular formula is C15H21N. The Kier molecular flexibility index (Phi) is 1.77. The van der Waals surface area contributed by atoms with Gasteiger partial charge in [0.05, 0.1) is 11.5 Å². The molecule has 1 heteroatoms. The van der Waals surface area contributed by atoms with Crippen molar-refractivity contribution in [3.8, 4) is 6.07 Å². The van der Waals surface area contributed by atoms with E-state index in [4.69, 9.17) is 0 Å². The van der Waals surface area contributed by atoms with Gasteiger partial charge in [0, 0.05) is 0 Å². The summed E-state index contributed by atoms with van der Waals surface area (Å²) in [6, 6.07) is 2.61. The van der Waals surface area contributed by atoms with Crippen LogP contribution in [0.25, 0.3) is 0 Å². The molecule has 0 bridgehead atoms. The van der Waals surface area contributed by atoms with Gasteiger partial charge in [-0.3, -0.25) is 0 Å². The number of nitriles is 1. The number of rotatable bonds is 0. The summed E-state index contributed by atoms with van der Waals surface area (Å²) < 4.78 is 0. The average molecular weight is 215 g/mol. The van der Waals surface area contributed by atoms with Gasteiger partial charge in [-0.25, -0.2) is 0 Å². The van der Waals surface area contributed by atoms with Gasteiger partial charge in [0.1, 0.15) is 0 Å². The second-order valence-corrected chi connectivity index (χ2v) is 6.99. The molecule has 0 aromatic carbocycles. The first-order valence-corrected chi connectivity index (χ1v) is 6.56. The lowest BCUT2D eigenvalue weighted by Gasteiger charge is -2.63. The van der Waals surface area contributed by atoms with Crippen LogP contribution in [-0.4, -0.2) is 0 Å². The molecule has 0 radical (unpaired) electrons. The van der Waals surface area contributed by atoms with Crippen molar-refractivity contribution in [1.82, 2.24) is 0 Å². The van der Waals surface area contributed by atoms with Crippen LogP contribution in [-0.2, 0) is 0 Å². The summed E-state index contributed by atoms with van der Waals surface area (Å²) in [6.07, 6.45) is 9.82. The molecule has 0 amide bonds. The van der Waals surface area contributed by atoms with Gasteiger partial charge in [-0.2, -0.15) is 5.26 Å². The van der Waals surface area contributed by atoms with Crippen LogP contribution in [0.3, 0.4) is 0 Å². The summed E-state index contributed by atoms with van der Waals surface area (Å²) in [5.41, 5.74) is 0.704. The van der Waals surface area contributed by atoms with Crippen molar-refractivity contribution in [3.63, 3.8) is 0 Å². The highest BCUT2D eigenvalue weighted by Gasteiger charge is 2.66. The Morgan fingerprint density at radius 3 is 2.50 bits per heavy atom. The van der Waals surface area contributed by atoms with E-state index in [0.29, 0.717) is 16.7 Å². The monoisotopic (exact) mass is 215 g/mol. The third-order valence-corrected chi connectivity index (χ3v) is 5.82. The maximum Gasteiger partial charge on any atom is 0.0690 e. The zero-order valence-corrected chi connectivity index (χ0v) is 10.6. The summed E-state index contributed by atoms with van der Waals surface area (Å²) in [4.78, 5) is 0. The molecule has 0 heterocycles. The fourth-order valence-corrected chi connectivity index (χ4v) is 4.83. The number of nitrogens with zero attached hydrogens (tertiary/aromatic N) is 1. The van der Waals surface area contributed by atoms with Crippen LogP contribution < -0.4 is 0 Å². The standard InChI is InChI=1S/C15H21N/c1-13(2)7-8-15-6-4-5-14(3,10-16)12(15)9-11(13)15/h7-8,11-12H,4-6,9H2,1-3H3/t11?,12?,14-,15-/m1/s1. The molecule has 0 saturated heterocycles. The lowest BCUT2D eigenvalue weighted by Crippen LogP contribution is -2.58. The van der Waals surface area contributed by atoms with Gasteiger partial charge < -0.3 is 0 Å². The van der Waals surface area contributed by atoms with Crippen molar-refractivity contribution in [2.75, 3.05) is 0 Å². The molecule has 4 atom stereocenters. The van der Waals surface area contributed by atoms with Crippen molar-refractivity contribution in [3.05, 3.63) is 12.2 Å². The van der Waals surface area contributed by atoms with Crippen LogP contribution >= 0.6 is 0 Å². The van der Waals surface area contributed by atoms with Gasteiger partial charge >= 0.3 is 0 Å². The van der Waals surface area contributed by atoms with Crippen molar-refractivity contribution >= 4 is 0 Å². The summed E-state index contributed by atoms with van der Waals surface area (Å²) in [7, 11) is 0. The molecule has 3 rings (SSSR count). The van der Waals surface area contributed by atoms with E-state index < -0.39 is 0 Å². The second-order valence-electron chi connectivity index (χ2n) is 6.99. The van der Waals surface area contributed by atoms with Crippen LogP contribution in [0.5, 0.6) is 0 Å². The second kappa shape index (κ2) is 2.73. The summed E-state index contributed by atoms with van der Waals surface area (Å²) in [5.74, 6) is 1.43. The quantitative estimate of drug-likeness (QED) is 0.562. The number of allylic oxidation sites excluding steroid dienone is 2. The number of hydrogen-bond donors (Lipinski definition) is 0. The zero-order chi connectivity index (χ0) is 11.6. The Labute approximate surface area is 98.5 Å². The molecule has 1 spiro atoms. The highest BCUT2D eigenvalue weighted by atomic mass is 14.7. The molecular weight excluding hydrogens is 194 g/mol. The minimum atomic E-state index is -0.0560. The van der Waals surface area contributed by atoms with Gasteiger partial charge in [0.2, 0.25) is 0 Å². The predicted octanol–water partition coefficient (Wildman–Crippen LogP) is 3.92. The minimum absolute atomic E-state index is 0.0560. The van der Waals surface area contributed by atoms with E-state index in [9.17, 15) is 5.26 Å². The SMILES string of the molecule is CC1(C)C=C[C@@]23CCC[C@](C)(C#N)C2CC13. The van der Waals surface area contributed by atoms with E-state index in [1.165, 1.54) is 19.3 Å². The van der Waals surface area contributed by atoms with E-state index in [0.717, 1.165) is 12.3 Å². The normalized spacial score (nSPS) is 52.4. The van der Waals surface area contributed by atoms with E-state index >= 15 is 0 Å². The molecule has 0 aliphatic heterocycles. The lowest BCUT2D eigenvalue weighted by molar-refractivity contribution is -0.124. The van der Waals surface area contributed by atoms with Crippen molar-refractivity contribution in [1.29, 1.82) is 5.26 Å². The Morgan fingerprint density at radius 2 is 1.88 bits per heavy atom. The first kappa shape index (κ1) is 10.4. The van der Waals surface area contributed by atoms with Gasteiger partial charge in [-0.05, 0) is 48.9 Å². The fourth-order valence-electron chi connectivity index (χ4n) is 4.83. The summed E-state index contributed by atoms with van der Waals surface area (Å²) in [5, 5.41) is 9.45. The molecule has 16 heavy (non-hydrogen) atoms. The Morgan fingerprint density at radius 1 is 1.12 bits per heavy atom. The van der Waals surface area contributed by atoms with Crippen molar-refractivity contribution in [2.45, 2.75) is 46.5 Å². The third kappa shape index (κ3) is 0.967. The average Bonchev–Trinajstić information content (AvgIpc) is 2.37. The molecule has 2 saturated carbocycles. The molecule has 0 aromatic heterocycles. The molecule has 0 aromatic rings. The molecule has 2 fully saturated rings. The maximum absolute atomic E-state index is 9.45. The Hall–Kier alpha value is -0.770. The Balaban J connectivity index is 1.99. The van der Waals surface area contributed by atoms with Crippen LogP contribution in [0.4, 0.5) is 0 Å². The highest BCUT2D eigenvalue weighted by Crippen LogP contribution is 2.72. The van der Waals surface area contributed by atoms with Gasteiger partial charge in [0.25, 0.3) is 0 Å². The molecule has 86 valence electrons. The van der Waals surface area contributed by atoms with E-state index in [2.05, 4.69) is 39.0 Å². The molecule has 3 aliphatic carbocycles. The third-order valence-electron chi connectivity index (χ3n) is 5.82. The van der Waals surface area contributed by atoms with Crippen LogP contribution in [0.15, 0.2) is 12.2 Å². The Bertz CT molecular complexity index is 400. The first-order chi connectivity index (χ1) is 7.45. The topological polar surface area (TPSA) is 23.8 Å². The van der Waals surface area contributed by atoms with Gasteiger partial charge in [-0.15, -0.1) is 0 Å². The highest BCUT2D eigenvalue weighted by molar-refractivity contribution is 5.31. The van der Waals surface area contributed by atoms with Crippen LogP contribution in [0.1, 0.15) is 46.5 Å².